The summed E-state index contributed by atoms with van der Waals surface area (Å²) in [7, 11) is 0. The van der Waals surface area contributed by atoms with Gasteiger partial charge in [-0.05, 0) is 0 Å². The van der Waals surface area contributed by atoms with Gasteiger partial charge >= 0.3 is 6.18 Å². The molecule has 0 aromatic carbocycles. The van der Waals surface area contributed by atoms with Crippen LogP contribution in [-0.4, -0.2) is 17.7 Å². The van der Waals surface area contributed by atoms with Crippen molar-refractivity contribution in [1.29, 1.82) is 0 Å². The second kappa shape index (κ2) is 5.63. The molecule has 1 aromatic rings. The number of nitrogens with one attached hydrogen (secondary N) is 1. The van der Waals surface area contributed by atoms with Gasteiger partial charge in [-0.25, -0.2) is 4.98 Å². The Hall–Kier alpha value is -0.620. The molecule has 1 N–H and O–H groups in total. The molecule has 6 heteroatoms. The average Bonchev–Trinajstić information content (AvgIpc) is 2.59. The zero-order valence-electron chi connectivity index (χ0n) is 9.27. The Balaban J connectivity index is 2.27. The third-order valence-electron chi connectivity index (χ3n) is 1.95. The smallest absolute Gasteiger partial charge is 0.311 e. The lowest BCUT2D eigenvalue weighted by atomic mass is 10.2. The van der Waals surface area contributed by atoms with Gasteiger partial charge in [0.05, 0.1) is 11.4 Å². The lowest BCUT2D eigenvalue weighted by molar-refractivity contribution is -0.133. The quantitative estimate of drug-likeness (QED) is 0.813. The third kappa shape index (κ3) is 4.94. The summed E-state index contributed by atoms with van der Waals surface area (Å²) in [5.41, 5.74) is 0. The van der Waals surface area contributed by atoms with Crippen LogP contribution in [0.4, 0.5) is 13.2 Å². The number of halogens is 3. The topological polar surface area (TPSA) is 24.9 Å². The van der Waals surface area contributed by atoms with Gasteiger partial charge in [-0.15, -0.1) is 11.3 Å². The van der Waals surface area contributed by atoms with Gasteiger partial charge in [0, 0.05) is 30.1 Å². The minimum Gasteiger partial charge on any atom is -0.311 e. The monoisotopic (exact) mass is 252 g/mol. The zero-order chi connectivity index (χ0) is 12.2. The van der Waals surface area contributed by atoms with Gasteiger partial charge in [0.15, 0.2) is 0 Å². The van der Waals surface area contributed by atoms with Crippen molar-refractivity contribution >= 4 is 11.3 Å². The van der Waals surface area contributed by atoms with Gasteiger partial charge < -0.3 is 5.32 Å². The zero-order valence-corrected chi connectivity index (χ0v) is 10.1. The molecule has 0 fully saturated rings. The van der Waals surface area contributed by atoms with Crippen molar-refractivity contribution in [3.05, 3.63) is 16.1 Å². The van der Waals surface area contributed by atoms with E-state index in [0.717, 1.165) is 9.88 Å². The number of hydrogen-bond acceptors (Lipinski definition) is 3. The van der Waals surface area contributed by atoms with Crippen molar-refractivity contribution < 1.29 is 13.2 Å². The fourth-order valence-corrected chi connectivity index (χ4v) is 2.00. The highest BCUT2D eigenvalue weighted by atomic mass is 32.1. The molecule has 0 aliphatic heterocycles. The van der Waals surface area contributed by atoms with Crippen molar-refractivity contribution in [1.82, 2.24) is 10.3 Å². The first-order valence-electron chi connectivity index (χ1n) is 5.10. The normalized spacial score (nSPS) is 12.4. The van der Waals surface area contributed by atoms with E-state index in [4.69, 9.17) is 0 Å². The summed E-state index contributed by atoms with van der Waals surface area (Å²) in [6.45, 7) is 4.50. The van der Waals surface area contributed by atoms with Gasteiger partial charge in [0.2, 0.25) is 0 Å². The van der Waals surface area contributed by atoms with Crippen LogP contribution in [0, 0.1) is 0 Å². The Kier molecular flexibility index (Phi) is 4.73. The summed E-state index contributed by atoms with van der Waals surface area (Å²) in [5, 5.41) is 3.78. The molecule has 0 unspecified atom stereocenters. The van der Waals surface area contributed by atoms with E-state index in [1.54, 1.807) is 17.5 Å². The first kappa shape index (κ1) is 13.4. The molecule has 0 amide bonds. The van der Waals surface area contributed by atoms with E-state index >= 15 is 0 Å². The third-order valence-corrected chi connectivity index (χ3v) is 3.25. The van der Waals surface area contributed by atoms with Crippen molar-refractivity contribution in [2.24, 2.45) is 0 Å². The van der Waals surface area contributed by atoms with Crippen molar-refractivity contribution in [3.8, 4) is 0 Å². The molecule has 0 atom stereocenters. The van der Waals surface area contributed by atoms with E-state index < -0.39 is 12.6 Å². The highest BCUT2D eigenvalue weighted by Gasteiger charge is 2.25. The van der Waals surface area contributed by atoms with E-state index in [0.29, 0.717) is 12.5 Å². The van der Waals surface area contributed by atoms with Gasteiger partial charge in [-0.3, -0.25) is 0 Å². The van der Waals surface area contributed by atoms with E-state index in [2.05, 4.69) is 10.3 Å². The molecule has 1 heterocycles. The fourth-order valence-electron chi connectivity index (χ4n) is 1.11. The van der Waals surface area contributed by atoms with Crippen LogP contribution in [-0.2, 0) is 6.54 Å². The van der Waals surface area contributed by atoms with Gasteiger partial charge in [0.25, 0.3) is 0 Å². The van der Waals surface area contributed by atoms with Crippen LogP contribution >= 0.6 is 11.3 Å². The predicted molar refractivity (Wildman–Crippen MR) is 58.6 cm³/mol. The van der Waals surface area contributed by atoms with Gasteiger partial charge in [-0.2, -0.15) is 13.2 Å². The number of rotatable bonds is 5. The maximum atomic E-state index is 11.8. The summed E-state index contributed by atoms with van der Waals surface area (Å²) < 4.78 is 35.5. The van der Waals surface area contributed by atoms with E-state index in [-0.39, 0.29) is 6.54 Å². The molecule has 0 spiro atoms. The Morgan fingerprint density at radius 1 is 1.44 bits per heavy atom. The highest BCUT2D eigenvalue weighted by molar-refractivity contribution is 7.11. The van der Waals surface area contributed by atoms with Crippen LogP contribution in [0.15, 0.2) is 6.20 Å². The largest absolute Gasteiger partial charge is 0.390 e. The maximum absolute atomic E-state index is 11.8. The molecular formula is C10H15F3N2S. The van der Waals surface area contributed by atoms with Crippen LogP contribution in [0.2, 0.25) is 0 Å². The van der Waals surface area contributed by atoms with Crippen molar-refractivity contribution in [3.63, 3.8) is 0 Å². The Morgan fingerprint density at radius 2 is 2.12 bits per heavy atom. The SMILES string of the molecule is CC(C)c1ncc(CNCCC(F)(F)F)s1. The molecule has 0 radical (unpaired) electrons. The first-order valence-corrected chi connectivity index (χ1v) is 5.92. The summed E-state index contributed by atoms with van der Waals surface area (Å²) >= 11 is 1.54. The Labute approximate surface area is 96.9 Å². The van der Waals surface area contributed by atoms with E-state index in [9.17, 15) is 13.2 Å². The van der Waals surface area contributed by atoms with Crippen LogP contribution in [0.5, 0.6) is 0 Å². The molecule has 0 bridgehead atoms. The number of alkyl halides is 3. The summed E-state index contributed by atoms with van der Waals surface area (Å²) in [5.74, 6) is 0.369. The molecule has 0 saturated heterocycles. The molecule has 0 aliphatic rings. The lowest BCUT2D eigenvalue weighted by Crippen LogP contribution is -2.20. The lowest BCUT2D eigenvalue weighted by Gasteiger charge is -2.06. The Morgan fingerprint density at radius 3 is 2.62 bits per heavy atom. The average molecular weight is 252 g/mol. The summed E-state index contributed by atoms with van der Waals surface area (Å²) in [4.78, 5) is 5.18. The van der Waals surface area contributed by atoms with Crippen LogP contribution in [0.3, 0.4) is 0 Å². The minimum atomic E-state index is -4.08. The number of aromatic nitrogens is 1. The molecular weight excluding hydrogens is 237 g/mol. The van der Waals surface area contributed by atoms with E-state index in [1.807, 2.05) is 13.8 Å². The molecule has 2 nitrogen and oxygen atoms in total. The summed E-state index contributed by atoms with van der Waals surface area (Å²) in [6, 6.07) is 0. The van der Waals surface area contributed by atoms with Crippen LogP contribution < -0.4 is 5.32 Å². The van der Waals surface area contributed by atoms with Crippen LogP contribution in [0.25, 0.3) is 0 Å². The standard InChI is InChI=1S/C10H15F3N2S/c1-7(2)9-15-6-8(16-9)5-14-4-3-10(11,12)13/h6-7,14H,3-5H2,1-2H3. The van der Waals surface area contributed by atoms with Gasteiger partial charge in [0.1, 0.15) is 0 Å². The molecule has 92 valence electrons. The van der Waals surface area contributed by atoms with Crippen molar-refractivity contribution in [2.75, 3.05) is 6.54 Å². The minimum absolute atomic E-state index is 0.0432. The number of thiazole rings is 1. The molecule has 1 aromatic heterocycles. The predicted octanol–water partition coefficient (Wildman–Crippen LogP) is 3.31. The molecule has 0 aliphatic carbocycles. The van der Waals surface area contributed by atoms with Crippen molar-refractivity contribution in [2.45, 2.75) is 38.9 Å². The molecule has 16 heavy (non-hydrogen) atoms. The molecule has 1 rings (SSSR count). The highest BCUT2D eigenvalue weighted by Crippen LogP contribution is 2.21. The second-order valence-electron chi connectivity index (χ2n) is 3.86. The first-order chi connectivity index (χ1) is 7.38. The molecule has 0 saturated carbocycles. The maximum Gasteiger partial charge on any atom is 0.390 e. The number of nitrogens with zero attached hydrogens (tertiary/aromatic N) is 1. The van der Waals surface area contributed by atoms with Gasteiger partial charge in [-0.1, -0.05) is 13.8 Å². The second-order valence-corrected chi connectivity index (χ2v) is 5.01. The summed E-state index contributed by atoms with van der Waals surface area (Å²) in [6.07, 6.45) is -3.15. The van der Waals surface area contributed by atoms with E-state index in [1.165, 1.54) is 0 Å². The Bertz CT molecular complexity index is 320. The fraction of sp³-hybridized carbons (Fsp3) is 0.700. The van der Waals surface area contributed by atoms with Crippen LogP contribution in [0.1, 0.15) is 36.1 Å². The number of hydrogen-bond donors (Lipinski definition) is 1.